The van der Waals surface area contributed by atoms with Crippen molar-refractivity contribution in [3.63, 3.8) is 0 Å². The number of hydrogen-bond donors (Lipinski definition) is 2. The molecule has 0 unspecified atom stereocenters. The highest BCUT2D eigenvalue weighted by Crippen LogP contribution is 2.23. The van der Waals surface area contributed by atoms with E-state index in [1.807, 2.05) is 0 Å². The molecule has 2 N–H and O–H groups in total. The Hall–Kier alpha value is -2.58. The third kappa shape index (κ3) is 4.23. The van der Waals surface area contributed by atoms with Crippen LogP contribution in [0.5, 0.6) is 0 Å². The molecule has 0 aliphatic carbocycles. The van der Waals surface area contributed by atoms with Crippen molar-refractivity contribution < 1.29 is 17.9 Å². The number of nitrogens with one attached hydrogen (secondary N) is 2. The number of carbonyl (C=O) groups is 1. The number of ether oxygens (including phenoxy) is 1. The Morgan fingerprint density at radius 3 is 2.63 bits per heavy atom. The lowest BCUT2D eigenvalue weighted by Gasteiger charge is -2.09. The van der Waals surface area contributed by atoms with E-state index >= 15 is 0 Å². The quantitative estimate of drug-likeness (QED) is 0.462. The molecule has 1 aromatic heterocycles. The molecule has 0 aliphatic heterocycles. The summed E-state index contributed by atoms with van der Waals surface area (Å²) in [6.45, 7) is 0. The SMILES string of the molecule is COC(=O)c1n[nH]c2ccc(NS(=O)(=O)c3ccc(CCCCl)cc3)cc12. The number of sulfonamides is 1. The van der Waals surface area contributed by atoms with E-state index in [0.29, 0.717) is 22.5 Å². The molecule has 27 heavy (non-hydrogen) atoms. The van der Waals surface area contributed by atoms with E-state index in [-0.39, 0.29) is 10.6 Å². The smallest absolute Gasteiger partial charge is 0.359 e. The summed E-state index contributed by atoms with van der Waals surface area (Å²) in [5.41, 5.74) is 2.04. The van der Waals surface area contributed by atoms with Gasteiger partial charge >= 0.3 is 5.97 Å². The molecule has 0 amide bonds. The number of H-pyrrole nitrogens is 1. The Morgan fingerprint density at radius 1 is 1.22 bits per heavy atom. The average Bonchev–Trinajstić information content (AvgIpc) is 3.09. The summed E-state index contributed by atoms with van der Waals surface area (Å²) in [4.78, 5) is 11.9. The maximum Gasteiger partial charge on any atom is 0.359 e. The van der Waals surface area contributed by atoms with Crippen LogP contribution in [0.25, 0.3) is 10.9 Å². The van der Waals surface area contributed by atoms with E-state index in [0.717, 1.165) is 18.4 Å². The lowest BCUT2D eigenvalue weighted by Crippen LogP contribution is -2.13. The van der Waals surface area contributed by atoms with Crippen LogP contribution in [0, 0.1) is 0 Å². The van der Waals surface area contributed by atoms with Crippen molar-refractivity contribution >= 4 is 44.2 Å². The number of esters is 1. The minimum atomic E-state index is -3.76. The third-order valence-electron chi connectivity index (χ3n) is 4.03. The standard InChI is InChI=1S/C18H18ClN3O4S/c1-26-18(23)17-15-11-13(6-9-16(15)20-21-17)22-27(24,25)14-7-4-12(5-8-14)3-2-10-19/h4-9,11,22H,2-3,10H2,1H3,(H,20,21). The van der Waals surface area contributed by atoms with Gasteiger partial charge in [0.25, 0.3) is 10.0 Å². The minimum absolute atomic E-state index is 0.0946. The highest BCUT2D eigenvalue weighted by molar-refractivity contribution is 7.92. The number of benzene rings is 2. The molecule has 3 aromatic rings. The Bertz CT molecular complexity index is 1060. The van der Waals surface area contributed by atoms with Crippen LogP contribution in [-0.2, 0) is 21.2 Å². The van der Waals surface area contributed by atoms with Crippen molar-refractivity contribution in [2.45, 2.75) is 17.7 Å². The van der Waals surface area contributed by atoms with E-state index in [9.17, 15) is 13.2 Å². The second kappa shape index (κ2) is 7.98. The lowest BCUT2D eigenvalue weighted by atomic mass is 10.1. The highest BCUT2D eigenvalue weighted by atomic mass is 35.5. The summed E-state index contributed by atoms with van der Waals surface area (Å²) in [6, 6.07) is 11.4. The van der Waals surface area contributed by atoms with Gasteiger partial charge in [0.2, 0.25) is 0 Å². The molecule has 0 radical (unpaired) electrons. The number of halogens is 1. The molecule has 1 heterocycles. The Labute approximate surface area is 161 Å². The van der Waals surface area contributed by atoms with Crippen molar-refractivity contribution in [3.05, 3.63) is 53.7 Å². The van der Waals surface area contributed by atoms with Crippen molar-refractivity contribution in [2.24, 2.45) is 0 Å². The molecule has 2 aromatic carbocycles. The molecule has 0 spiro atoms. The highest BCUT2D eigenvalue weighted by Gasteiger charge is 2.18. The molecular formula is C18H18ClN3O4S. The molecule has 0 saturated heterocycles. The number of aryl methyl sites for hydroxylation is 1. The summed E-state index contributed by atoms with van der Waals surface area (Å²) in [5, 5.41) is 7.09. The van der Waals surface area contributed by atoms with Gasteiger partial charge in [0, 0.05) is 17.0 Å². The molecule has 0 fully saturated rings. The van der Waals surface area contributed by atoms with E-state index in [2.05, 4.69) is 19.7 Å². The van der Waals surface area contributed by atoms with Crippen LogP contribution >= 0.6 is 11.6 Å². The zero-order valence-electron chi connectivity index (χ0n) is 14.5. The maximum atomic E-state index is 12.6. The molecule has 3 rings (SSSR count). The van der Waals surface area contributed by atoms with Crippen molar-refractivity contribution in [1.82, 2.24) is 10.2 Å². The Kier molecular flexibility index (Phi) is 5.67. The fourth-order valence-corrected chi connectivity index (χ4v) is 3.83. The molecule has 9 heteroatoms. The fraction of sp³-hybridized carbons (Fsp3) is 0.222. The first-order chi connectivity index (χ1) is 12.9. The van der Waals surface area contributed by atoms with Gasteiger partial charge in [-0.2, -0.15) is 5.10 Å². The molecule has 0 bridgehead atoms. The van der Waals surface area contributed by atoms with Gasteiger partial charge < -0.3 is 4.74 Å². The molecule has 0 atom stereocenters. The number of carbonyl (C=O) groups excluding carboxylic acids is 1. The number of aromatic nitrogens is 2. The van der Waals surface area contributed by atoms with Crippen LogP contribution in [0.1, 0.15) is 22.5 Å². The normalized spacial score (nSPS) is 11.5. The molecule has 0 saturated carbocycles. The van der Waals surface area contributed by atoms with Gasteiger partial charge in [-0.3, -0.25) is 9.82 Å². The topological polar surface area (TPSA) is 101 Å². The van der Waals surface area contributed by atoms with Crippen molar-refractivity contribution in [1.29, 1.82) is 0 Å². The average molecular weight is 408 g/mol. The van der Waals surface area contributed by atoms with E-state index in [4.69, 9.17) is 11.6 Å². The first-order valence-electron chi connectivity index (χ1n) is 8.19. The van der Waals surface area contributed by atoms with E-state index < -0.39 is 16.0 Å². The summed E-state index contributed by atoms with van der Waals surface area (Å²) < 4.78 is 32.5. The van der Waals surface area contributed by atoms with Gasteiger partial charge in [-0.15, -0.1) is 11.6 Å². The molecule has 0 aliphatic rings. The number of fused-ring (bicyclic) bond motifs is 1. The van der Waals surface area contributed by atoms with Crippen LogP contribution in [0.15, 0.2) is 47.4 Å². The number of alkyl halides is 1. The second-order valence-electron chi connectivity index (χ2n) is 5.87. The predicted octanol–water partition coefficient (Wildman–Crippen LogP) is 3.32. The Morgan fingerprint density at radius 2 is 1.96 bits per heavy atom. The largest absolute Gasteiger partial charge is 0.464 e. The number of methoxy groups -OCH3 is 1. The number of anilines is 1. The van der Waals surface area contributed by atoms with E-state index in [1.165, 1.54) is 13.2 Å². The third-order valence-corrected chi connectivity index (χ3v) is 5.69. The second-order valence-corrected chi connectivity index (χ2v) is 7.93. The van der Waals surface area contributed by atoms with Crippen LogP contribution in [0.3, 0.4) is 0 Å². The van der Waals surface area contributed by atoms with Crippen LogP contribution < -0.4 is 4.72 Å². The van der Waals surface area contributed by atoms with E-state index in [1.54, 1.807) is 36.4 Å². The fourth-order valence-electron chi connectivity index (χ4n) is 2.65. The summed E-state index contributed by atoms with van der Waals surface area (Å²) in [7, 11) is -2.51. The molecular weight excluding hydrogens is 390 g/mol. The molecule has 142 valence electrons. The van der Waals surface area contributed by atoms with Gasteiger partial charge in [-0.25, -0.2) is 13.2 Å². The van der Waals surface area contributed by atoms with Gasteiger partial charge in [0.15, 0.2) is 5.69 Å². The first kappa shape index (κ1) is 19.2. The van der Waals surface area contributed by atoms with Crippen LogP contribution in [-0.4, -0.2) is 37.6 Å². The first-order valence-corrected chi connectivity index (χ1v) is 10.2. The lowest BCUT2D eigenvalue weighted by molar-refractivity contribution is 0.0596. The predicted molar refractivity (Wildman–Crippen MR) is 104 cm³/mol. The number of hydrogen-bond acceptors (Lipinski definition) is 5. The zero-order valence-corrected chi connectivity index (χ0v) is 16.1. The maximum absolute atomic E-state index is 12.6. The zero-order chi connectivity index (χ0) is 19.4. The summed E-state index contributed by atoms with van der Waals surface area (Å²) in [5.74, 6) is -0.0418. The number of rotatable bonds is 7. The Balaban J connectivity index is 1.85. The number of nitrogens with zero attached hydrogens (tertiary/aromatic N) is 1. The molecule has 7 nitrogen and oxygen atoms in total. The van der Waals surface area contributed by atoms with Gasteiger partial charge in [0.1, 0.15) is 0 Å². The van der Waals surface area contributed by atoms with Crippen LogP contribution in [0.2, 0.25) is 0 Å². The monoisotopic (exact) mass is 407 g/mol. The van der Waals surface area contributed by atoms with Gasteiger partial charge in [-0.1, -0.05) is 12.1 Å². The summed E-state index contributed by atoms with van der Waals surface area (Å²) in [6.07, 6.45) is 1.63. The summed E-state index contributed by atoms with van der Waals surface area (Å²) >= 11 is 5.68. The van der Waals surface area contributed by atoms with Gasteiger partial charge in [0.05, 0.1) is 17.5 Å². The minimum Gasteiger partial charge on any atom is -0.464 e. The van der Waals surface area contributed by atoms with Crippen molar-refractivity contribution in [3.8, 4) is 0 Å². The van der Waals surface area contributed by atoms with Crippen molar-refractivity contribution in [2.75, 3.05) is 17.7 Å². The van der Waals surface area contributed by atoms with Gasteiger partial charge in [-0.05, 0) is 48.7 Å². The number of aromatic amines is 1. The van der Waals surface area contributed by atoms with Crippen LogP contribution in [0.4, 0.5) is 5.69 Å².